The van der Waals surface area contributed by atoms with Crippen molar-refractivity contribution in [3.05, 3.63) is 0 Å². The summed E-state index contributed by atoms with van der Waals surface area (Å²) in [4.78, 5) is 10.6. The van der Waals surface area contributed by atoms with Crippen LogP contribution in [0.15, 0.2) is 0 Å². The van der Waals surface area contributed by atoms with Crippen LogP contribution in [-0.2, 0) is 4.79 Å². The fourth-order valence-corrected chi connectivity index (χ4v) is 1.63. The number of hydrogen-bond acceptors (Lipinski definition) is 2. The molecule has 1 heterocycles. The summed E-state index contributed by atoms with van der Waals surface area (Å²) < 4.78 is 0. The third-order valence-electron chi connectivity index (χ3n) is 2.28. The molecule has 3 heteroatoms. The molecule has 0 saturated carbocycles. The van der Waals surface area contributed by atoms with E-state index in [-0.39, 0.29) is 10.5 Å². The predicted octanol–water partition coefficient (Wildman–Crippen LogP) is 0.832. The molecule has 1 rings (SSSR count). The first kappa shape index (κ1) is 8.08. The summed E-state index contributed by atoms with van der Waals surface area (Å²) in [5.41, 5.74) is 0.249. The zero-order valence-corrected chi connectivity index (χ0v) is 7.08. The van der Waals surface area contributed by atoms with Crippen molar-refractivity contribution in [2.75, 3.05) is 13.1 Å². The molecule has 0 aromatic rings. The van der Waals surface area contributed by atoms with Crippen LogP contribution in [0.4, 0.5) is 0 Å². The second kappa shape index (κ2) is 2.93. The molecule has 1 aliphatic rings. The largest absolute Gasteiger partial charge is 0.316 e. The lowest BCUT2D eigenvalue weighted by atomic mass is 9.77. The van der Waals surface area contributed by atoms with Crippen molar-refractivity contribution >= 4 is 17.7 Å². The van der Waals surface area contributed by atoms with Gasteiger partial charge in [0.25, 0.3) is 0 Å². The van der Waals surface area contributed by atoms with Crippen LogP contribution in [0.3, 0.4) is 0 Å². The SMILES string of the molecule is CCC1(CC(=O)S)CNC1. The Morgan fingerprint density at radius 1 is 1.70 bits per heavy atom. The van der Waals surface area contributed by atoms with Crippen LogP contribution in [0.2, 0.25) is 0 Å². The molecule has 0 bridgehead atoms. The first-order chi connectivity index (χ1) is 4.68. The molecule has 1 N–H and O–H groups in total. The quantitative estimate of drug-likeness (QED) is 0.597. The van der Waals surface area contributed by atoms with E-state index in [0.717, 1.165) is 19.5 Å². The van der Waals surface area contributed by atoms with Crippen molar-refractivity contribution in [1.29, 1.82) is 0 Å². The number of thiol groups is 1. The monoisotopic (exact) mass is 159 g/mol. The zero-order chi connectivity index (χ0) is 7.61. The van der Waals surface area contributed by atoms with Crippen molar-refractivity contribution in [3.8, 4) is 0 Å². The minimum atomic E-state index is 0.0170. The van der Waals surface area contributed by atoms with Crippen LogP contribution in [-0.4, -0.2) is 18.2 Å². The molecule has 0 unspecified atom stereocenters. The molecule has 0 aromatic carbocycles. The lowest BCUT2D eigenvalue weighted by molar-refractivity contribution is -0.113. The summed E-state index contributed by atoms with van der Waals surface area (Å²) in [6.45, 7) is 4.09. The molecule has 2 nitrogen and oxygen atoms in total. The van der Waals surface area contributed by atoms with Crippen molar-refractivity contribution < 1.29 is 4.79 Å². The van der Waals surface area contributed by atoms with E-state index in [2.05, 4.69) is 24.9 Å². The maximum absolute atomic E-state index is 10.6. The Kier molecular flexibility index (Phi) is 2.36. The van der Waals surface area contributed by atoms with Gasteiger partial charge >= 0.3 is 0 Å². The number of carbonyl (C=O) groups is 1. The highest BCUT2D eigenvalue weighted by Gasteiger charge is 2.35. The Labute approximate surface area is 66.8 Å². The topological polar surface area (TPSA) is 29.1 Å². The Hall–Kier alpha value is -0.0200. The molecular formula is C7H13NOS. The van der Waals surface area contributed by atoms with Gasteiger partial charge in [0.2, 0.25) is 0 Å². The Bertz CT molecular complexity index is 137. The number of hydrogen-bond donors (Lipinski definition) is 2. The summed E-state index contributed by atoms with van der Waals surface area (Å²) in [7, 11) is 0. The minimum Gasteiger partial charge on any atom is -0.316 e. The van der Waals surface area contributed by atoms with E-state index in [1.807, 2.05) is 0 Å². The fraction of sp³-hybridized carbons (Fsp3) is 0.857. The van der Waals surface area contributed by atoms with Crippen LogP contribution >= 0.6 is 12.6 Å². The second-order valence-corrected chi connectivity index (χ2v) is 3.53. The van der Waals surface area contributed by atoms with Gasteiger partial charge in [-0.15, -0.1) is 12.6 Å². The molecule has 0 amide bonds. The van der Waals surface area contributed by atoms with E-state index < -0.39 is 0 Å². The highest BCUT2D eigenvalue weighted by Crippen LogP contribution is 2.31. The number of carbonyl (C=O) groups excluding carboxylic acids is 1. The molecule has 1 aliphatic heterocycles. The molecule has 0 aliphatic carbocycles. The van der Waals surface area contributed by atoms with Crippen molar-refractivity contribution in [1.82, 2.24) is 5.32 Å². The third-order valence-corrected chi connectivity index (χ3v) is 2.43. The Balaban J connectivity index is 2.40. The summed E-state index contributed by atoms with van der Waals surface area (Å²) in [5, 5.41) is 3.19. The van der Waals surface area contributed by atoms with E-state index in [4.69, 9.17) is 0 Å². The van der Waals surface area contributed by atoms with Crippen molar-refractivity contribution in [2.45, 2.75) is 19.8 Å². The summed E-state index contributed by atoms with van der Waals surface area (Å²) in [6.07, 6.45) is 1.70. The average Bonchev–Trinajstić information content (AvgIpc) is 1.78. The Morgan fingerprint density at radius 2 is 2.30 bits per heavy atom. The van der Waals surface area contributed by atoms with E-state index in [9.17, 15) is 4.79 Å². The zero-order valence-electron chi connectivity index (χ0n) is 6.18. The maximum atomic E-state index is 10.6. The van der Waals surface area contributed by atoms with Gasteiger partial charge < -0.3 is 5.32 Å². The van der Waals surface area contributed by atoms with E-state index in [1.54, 1.807) is 0 Å². The lowest BCUT2D eigenvalue weighted by Gasteiger charge is -2.41. The van der Waals surface area contributed by atoms with Gasteiger partial charge in [-0.25, -0.2) is 0 Å². The van der Waals surface area contributed by atoms with Gasteiger partial charge in [-0.05, 0) is 6.42 Å². The fourth-order valence-electron chi connectivity index (χ4n) is 1.30. The maximum Gasteiger partial charge on any atom is 0.186 e. The molecule has 0 atom stereocenters. The number of nitrogens with one attached hydrogen (secondary N) is 1. The smallest absolute Gasteiger partial charge is 0.186 e. The second-order valence-electron chi connectivity index (χ2n) is 3.03. The van der Waals surface area contributed by atoms with Crippen molar-refractivity contribution in [2.24, 2.45) is 5.41 Å². The molecule has 0 aromatic heterocycles. The third kappa shape index (κ3) is 1.52. The van der Waals surface area contributed by atoms with Gasteiger partial charge in [0, 0.05) is 24.9 Å². The van der Waals surface area contributed by atoms with Gasteiger partial charge in [-0.1, -0.05) is 6.92 Å². The van der Waals surface area contributed by atoms with E-state index in [0.29, 0.717) is 6.42 Å². The van der Waals surface area contributed by atoms with E-state index >= 15 is 0 Å². The highest BCUT2D eigenvalue weighted by atomic mass is 32.1. The van der Waals surface area contributed by atoms with Gasteiger partial charge in [-0.2, -0.15) is 0 Å². The Morgan fingerprint density at radius 3 is 2.40 bits per heavy atom. The first-order valence-corrected chi connectivity index (χ1v) is 4.06. The van der Waals surface area contributed by atoms with Crippen LogP contribution in [0.5, 0.6) is 0 Å². The van der Waals surface area contributed by atoms with Crippen LogP contribution in [0, 0.1) is 5.41 Å². The van der Waals surface area contributed by atoms with Gasteiger partial charge in [0.15, 0.2) is 5.12 Å². The van der Waals surface area contributed by atoms with Crippen LogP contribution < -0.4 is 5.32 Å². The average molecular weight is 159 g/mol. The molecule has 10 heavy (non-hydrogen) atoms. The van der Waals surface area contributed by atoms with Crippen molar-refractivity contribution in [3.63, 3.8) is 0 Å². The van der Waals surface area contributed by atoms with Gasteiger partial charge in [0.1, 0.15) is 0 Å². The normalized spacial score (nSPS) is 21.8. The van der Waals surface area contributed by atoms with E-state index in [1.165, 1.54) is 0 Å². The molecular weight excluding hydrogens is 146 g/mol. The molecule has 0 spiro atoms. The molecule has 58 valence electrons. The molecule has 1 fully saturated rings. The summed E-state index contributed by atoms with van der Waals surface area (Å²) >= 11 is 3.77. The molecule has 1 saturated heterocycles. The predicted molar refractivity (Wildman–Crippen MR) is 44.2 cm³/mol. The summed E-state index contributed by atoms with van der Waals surface area (Å²) in [6, 6.07) is 0. The highest BCUT2D eigenvalue weighted by molar-refractivity contribution is 7.96. The van der Waals surface area contributed by atoms with Gasteiger partial charge in [-0.3, -0.25) is 4.79 Å². The standard InChI is InChI=1S/C7H13NOS/c1-2-7(3-6(9)10)4-8-5-7/h8H,2-5H2,1H3,(H,9,10). The van der Waals surface area contributed by atoms with Crippen LogP contribution in [0.25, 0.3) is 0 Å². The summed E-state index contributed by atoms with van der Waals surface area (Å²) in [5.74, 6) is 0. The lowest BCUT2D eigenvalue weighted by Crippen LogP contribution is -2.53. The first-order valence-electron chi connectivity index (χ1n) is 3.61. The van der Waals surface area contributed by atoms with Gasteiger partial charge in [0.05, 0.1) is 0 Å². The number of rotatable bonds is 3. The minimum absolute atomic E-state index is 0.0170. The van der Waals surface area contributed by atoms with Crippen LogP contribution in [0.1, 0.15) is 19.8 Å². The molecule has 0 radical (unpaired) electrons.